The van der Waals surface area contributed by atoms with Gasteiger partial charge in [-0.05, 0) is 37.2 Å². The summed E-state index contributed by atoms with van der Waals surface area (Å²) < 4.78 is 10.9. The molecule has 1 aromatic heterocycles. The Hall–Kier alpha value is -2.70. The third-order valence-electron chi connectivity index (χ3n) is 6.96. The molecule has 3 atom stereocenters. The SMILES string of the molecule is C=CC(=O)NC1=C(c2n[nH]c3c2CCC(c2c(Cl)c(OC)cc(OC)c2Cl)C3)C=CC(C)C1C. The lowest BCUT2D eigenvalue weighted by Crippen LogP contribution is -2.29. The maximum atomic E-state index is 12.1. The zero-order chi connectivity index (χ0) is 24.6. The van der Waals surface area contributed by atoms with Gasteiger partial charge in [-0.25, -0.2) is 0 Å². The van der Waals surface area contributed by atoms with Crippen LogP contribution >= 0.6 is 23.2 Å². The lowest BCUT2D eigenvalue weighted by molar-refractivity contribution is -0.116. The monoisotopic (exact) mass is 501 g/mol. The third-order valence-corrected chi connectivity index (χ3v) is 7.74. The van der Waals surface area contributed by atoms with Gasteiger partial charge in [0.15, 0.2) is 0 Å². The second-order valence-corrected chi connectivity index (χ2v) is 9.58. The first kappa shape index (κ1) is 24.4. The fourth-order valence-corrected chi connectivity index (χ4v) is 5.63. The van der Waals surface area contributed by atoms with Crippen LogP contribution in [0.25, 0.3) is 5.57 Å². The number of ether oxygens (including phenoxy) is 2. The van der Waals surface area contributed by atoms with Crippen molar-refractivity contribution in [3.8, 4) is 11.5 Å². The summed E-state index contributed by atoms with van der Waals surface area (Å²) in [6.07, 6.45) is 7.86. The first-order valence-corrected chi connectivity index (χ1v) is 12.1. The normalized spacial score (nSPS) is 21.8. The maximum Gasteiger partial charge on any atom is 0.247 e. The van der Waals surface area contributed by atoms with Crippen molar-refractivity contribution in [3.63, 3.8) is 0 Å². The molecule has 0 spiro atoms. The summed E-state index contributed by atoms with van der Waals surface area (Å²) in [4.78, 5) is 12.1. The van der Waals surface area contributed by atoms with Crippen LogP contribution in [0.15, 0.2) is 36.6 Å². The molecule has 1 aromatic carbocycles. The summed E-state index contributed by atoms with van der Waals surface area (Å²) in [6.45, 7) is 7.84. The second kappa shape index (κ2) is 9.88. The second-order valence-electron chi connectivity index (χ2n) is 8.82. The minimum Gasteiger partial charge on any atom is -0.495 e. The number of carbonyl (C=O) groups is 1. The molecule has 0 aliphatic heterocycles. The number of nitrogens with one attached hydrogen (secondary N) is 2. The van der Waals surface area contributed by atoms with Gasteiger partial charge in [0.1, 0.15) is 11.5 Å². The highest BCUT2D eigenvalue weighted by atomic mass is 35.5. The van der Waals surface area contributed by atoms with Crippen LogP contribution < -0.4 is 14.8 Å². The fraction of sp³-hybridized carbons (Fsp3) is 0.385. The molecule has 0 radical (unpaired) electrons. The number of aromatic amines is 1. The molecule has 2 aliphatic carbocycles. The van der Waals surface area contributed by atoms with Crippen LogP contribution in [0.5, 0.6) is 11.5 Å². The largest absolute Gasteiger partial charge is 0.495 e. The van der Waals surface area contributed by atoms with E-state index in [2.05, 4.69) is 48.1 Å². The maximum absolute atomic E-state index is 12.1. The van der Waals surface area contributed by atoms with Gasteiger partial charge in [-0.2, -0.15) is 5.10 Å². The summed E-state index contributed by atoms with van der Waals surface area (Å²) >= 11 is 13.4. The van der Waals surface area contributed by atoms with Gasteiger partial charge in [-0.1, -0.05) is 55.8 Å². The molecule has 0 bridgehead atoms. The Morgan fingerprint density at radius 2 is 1.91 bits per heavy atom. The van der Waals surface area contributed by atoms with Crippen molar-refractivity contribution < 1.29 is 14.3 Å². The molecular formula is C26H29Cl2N3O3. The average Bonchev–Trinajstić information content (AvgIpc) is 3.25. The molecule has 1 amide bonds. The number of fused-ring (bicyclic) bond motifs is 1. The van der Waals surface area contributed by atoms with E-state index in [-0.39, 0.29) is 17.7 Å². The van der Waals surface area contributed by atoms with Gasteiger partial charge in [0.25, 0.3) is 0 Å². The number of methoxy groups -OCH3 is 2. The smallest absolute Gasteiger partial charge is 0.247 e. The topological polar surface area (TPSA) is 76.2 Å². The molecule has 8 heteroatoms. The van der Waals surface area contributed by atoms with Crippen molar-refractivity contribution in [1.29, 1.82) is 0 Å². The molecular weight excluding hydrogens is 473 g/mol. The van der Waals surface area contributed by atoms with Crippen molar-refractivity contribution in [1.82, 2.24) is 15.5 Å². The van der Waals surface area contributed by atoms with E-state index in [1.807, 2.05) is 0 Å². The summed E-state index contributed by atoms with van der Waals surface area (Å²) in [5, 5.41) is 12.0. The van der Waals surface area contributed by atoms with Gasteiger partial charge in [0, 0.05) is 40.1 Å². The number of amides is 1. The molecule has 2 aliphatic rings. The van der Waals surface area contributed by atoms with E-state index in [1.54, 1.807) is 20.3 Å². The van der Waals surface area contributed by atoms with E-state index >= 15 is 0 Å². The summed E-state index contributed by atoms with van der Waals surface area (Å²) in [5.41, 5.74) is 5.73. The predicted molar refractivity (Wildman–Crippen MR) is 136 cm³/mol. The van der Waals surface area contributed by atoms with Gasteiger partial charge in [0.2, 0.25) is 5.91 Å². The van der Waals surface area contributed by atoms with Gasteiger partial charge >= 0.3 is 0 Å². The number of H-pyrrole nitrogens is 1. The first-order valence-electron chi connectivity index (χ1n) is 11.3. The van der Waals surface area contributed by atoms with E-state index < -0.39 is 0 Å². The number of benzene rings is 1. The first-order chi connectivity index (χ1) is 16.3. The Balaban J connectivity index is 1.72. The standard InChI is InChI=1S/C26H29Cl2N3O3/c1-6-21(32)29-25-14(3)13(2)7-9-17(25)26-16-10-8-15(11-18(16)30-31-26)22-23(27)19(33-4)12-20(34-5)24(22)28/h6-7,9,12-15H,1,8,10-11H2,2-5H3,(H,29,32)(H,30,31). The van der Waals surface area contributed by atoms with E-state index in [0.717, 1.165) is 46.6 Å². The number of aromatic nitrogens is 2. The molecule has 1 heterocycles. The van der Waals surface area contributed by atoms with Crippen molar-refractivity contribution in [2.24, 2.45) is 11.8 Å². The zero-order valence-electron chi connectivity index (χ0n) is 19.8. The van der Waals surface area contributed by atoms with E-state index in [0.29, 0.717) is 33.9 Å². The lowest BCUT2D eigenvalue weighted by atomic mass is 9.79. The van der Waals surface area contributed by atoms with Crippen molar-refractivity contribution >= 4 is 34.7 Å². The van der Waals surface area contributed by atoms with Crippen molar-refractivity contribution in [2.45, 2.75) is 39.0 Å². The number of allylic oxidation sites excluding steroid dienone is 4. The van der Waals surface area contributed by atoms with Crippen LogP contribution in [-0.2, 0) is 17.6 Å². The Labute approximate surface area is 210 Å². The quantitative estimate of drug-likeness (QED) is 0.485. The molecule has 6 nitrogen and oxygen atoms in total. The third kappa shape index (κ3) is 4.25. The summed E-state index contributed by atoms with van der Waals surface area (Å²) in [6, 6.07) is 1.71. The lowest BCUT2D eigenvalue weighted by Gasteiger charge is -2.28. The number of hydrogen-bond donors (Lipinski definition) is 2. The summed E-state index contributed by atoms with van der Waals surface area (Å²) in [7, 11) is 3.16. The van der Waals surface area contributed by atoms with Gasteiger partial charge in [-0.3, -0.25) is 9.89 Å². The highest BCUT2D eigenvalue weighted by Gasteiger charge is 2.32. The van der Waals surface area contributed by atoms with Crippen molar-refractivity contribution in [3.05, 3.63) is 69.1 Å². The molecule has 0 saturated carbocycles. The van der Waals surface area contributed by atoms with Crippen LogP contribution in [-0.4, -0.2) is 30.3 Å². The Bertz CT molecular complexity index is 1170. The van der Waals surface area contributed by atoms with Crippen LogP contribution in [0.4, 0.5) is 0 Å². The average molecular weight is 502 g/mol. The summed E-state index contributed by atoms with van der Waals surface area (Å²) in [5.74, 6) is 1.39. The van der Waals surface area contributed by atoms with Gasteiger partial charge in [0.05, 0.1) is 30.0 Å². The zero-order valence-corrected chi connectivity index (χ0v) is 21.3. The number of nitrogens with zero attached hydrogens (tertiary/aromatic N) is 1. The van der Waals surface area contributed by atoms with E-state index in [9.17, 15) is 4.79 Å². The molecule has 3 unspecified atom stereocenters. The molecule has 180 valence electrons. The Morgan fingerprint density at radius 1 is 1.24 bits per heavy atom. The molecule has 0 fully saturated rings. The number of halogens is 2. The highest BCUT2D eigenvalue weighted by Crippen LogP contribution is 2.48. The van der Waals surface area contributed by atoms with Crippen molar-refractivity contribution in [2.75, 3.05) is 14.2 Å². The highest BCUT2D eigenvalue weighted by molar-refractivity contribution is 6.38. The minimum absolute atomic E-state index is 0.0829. The number of rotatable bonds is 6. The van der Waals surface area contributed by atoms with E-state index in [4.69, 9.17) is 32.7 Å². The molecule has 2 N–H and O–H groups in total. The molecule has 0 saturated heterocycles. The van der Waals surface area contributed by atoms with Crippen LogP contribution in [0.2, 0.25) is 10.0 Å². The predicted octanol–water partition coefficient (Wildman–Crippen LogP) is 5.86. The fourth-order valence-electron chi connectivity index (χ4n) is 4.82. The Morgan fingerprint density at radius 3 is 2.53 bits per heavy atom. The minimum atomic E-state index is -0.220. The molecule has 34 heavy (non-hydrogen) atoms. The van der Waals surface area contributed by atoms with Gasteiger partial charge < -0.3 is 14.8 Å². The van der Waals surface area contributed by atoms with Crippen LogP contribution in [0.1, 0.15) is 48.7 Å². The van der Waals surface area contributed by atoms with Crippen LogP contribution in [0.3, 0.4) is 0 Å². The van der Waals surface area contributed by atoms with Gasteiger partial charge in [-0.15, -0.1) is 0 Å². The van der Waals surface area contributed by atoms with E-state index in [1.165, 1.54) is 6.08 Å². The molecule has 4 rings (SSSR count). The Kier molecular flexibility index (Phi) is 7.10. The molecule has 2 aromatic rings. The number of hydrogen-bond acceptors (Lipinski definition) is 4. The number of carbonyl (C=O) groups excluding carboxylic acids is 1. The van der Waals surface area contributed by atoms with Crippen LogP contribution in [0, 0.1) is 11.8 Å².